The fraction of sp³-hybridized carbons (Fsp3) is 0.133. The van der Waals surface area contributed by atoms with E-state index in [1.807, 2.05) is 0 Å². The molecule has 0 saturated heterocycles. The second-order valence-corrected chi connectivity index (χ2v) is 6.15. The smallest absolute Gasteiger partial charge is 0.259 e. The van der Waals surface area contributed by atoms with Gasteiger partial charge in [-0.3, -0.25) is 4.79 Å². The summed E-state index contributed by atoms with van der Waals surface area (Å²) in [6.07, 6.45) is 0. The van der Waals surface area contributed by atoms with Gasteiger partial charge in [-0.05, 0) is 40.2 Å². The first-order valence-corrected chi connectivity index (χ1v) is 7.82. The van der Waals surface area contributed by atoms with Gasteiger partial charge < -0.3 is 20.5 Å². The first-order valence-electron chi connectivity index (χ1n) is 6.24. The number of carbonyl (C=O) groups excluding carboxylic acids is 1. The topological polar surface area (TPSA) is 73.6 Å². The van der Waals surface area contributed by atoms with E-state index in [2.05, 4.69) is 37.2 Å². The number of nitrogens with one attached hydrogen (secondary N) is 1. The standard InChI is InChI=1S/C15H14Br2N2O3/c1-21-9-3-4-13(12(18)7-9)19-15(20)10-5-8(16)6-11(17)14(10)22-2/h3-7H,18H2,1-2H3,(H,19,20). The number of nitrogens with two attached hydrogens (primary N) is 1. The number of halogens is 2. The predicted molar refractivity (Wildman–Crippen MR) is 93.8 cm³/mol. The zero-order valence-corrected chi connectivity index (χ0v) is 15.1. The van der Waals surface area contributed by atoms with E-state index in [4.69, 9.17) is 15.2 Å². The average Bonchev–Trinajstić information content (AvgIpc) is 2.48. The van der Waals surface area contributed by atoms with Crippen LogP contribution in [0.3, 0.4) is 0 Å². The van der Waals surface area contributed by atoms with Crippen LogP contribution in [0.5, 0.6) is 11.5 Å². The minimum atomic E-state index is -0.323. The highest BCUT2D eigenvalue weighted by molar-refractivity contribution is 9.11. The molecule has 0 spiro atoms. The molecule has 0 radical (unpaired) electrons. The third-order valence-electron chi connectivity index (χ3n) is 2.96. The Morgan fingerprint density at radius 3 is 2.45 bits per heavy atom. The molecule has 22 heavy (non-hydrogen) atoms. The summed E-state index contributed by atoms with van der Waals surface area (Å²) in [6.45, 7) is 0. The van der Waals surface area contributed by atoms with Crippen LogP contribution in [-0.4, -0.2) is 20.1 Å². The molecule has 0 aliphatic carbocycles. The number of nitrogen functional groups attached to an aromatic ring is 1. The van der Waals surface area contributed by atoms with Gasteiger partial charge in [0, 0.05) is 10.5 Å². The van der Waals surface area contributed by atoms with Crippen molar-refractivity contribution in [1.82, 2.24) is 0 Å². The SMILES string of the molecule is COc1ccc(NC(=O)c2cc(Br)cc(Br)c2OC)c(N)c1. The Morgan fingerprint density at radius 2 is 1.86 bits per heavy atom. The number of hydrogen-bond acceptors (Lipinski definition) is 4. The molecule has 116 valence electrons. The molecule has 0 unspecified atom stereocenters. The fourth-order valence-electron chi connectivity index (χ4n) is 1.91. The molecular weight excluding hydrogens is 416 g/mol. The molecule has 0 aliphatic heterocycles. The Hall–Kier alpha value is -1.73. The van der Waals surface area contributed by atoms with Crippen LogP contribution in [-0.2, 0) is 0 Å². The number of carbonyl (C=O) groups is 1. The fourth-order valence-corrected chi connectivity index (χ4v) is 3.29. The maximum absolute atomic E-state index is 12.5. The first-order chi connectivity index (χ1) is 10.5. The van der Waals surface area contributed by atoms with E-state index in [0.717, 1.165) is 4.47 Å². The van der Waals surface area contributed by atoms with E-state index >= 15 is 0 Å². The van der Waals surface area contributed by atoms with Gasteiger partial charge in [-0.25, -0.2) is 0 Å². The maximum Gasteiger partial charge on any atom is 0.259 e. The predicted octanol–water partition coefficient (Wildman–Crippen LogP) is 4.06. The highest BCUT2D eigenvalue weighted by Crippen LogP contribution is 2.33. The summed E-state index contributed by atoms with van der Waals surface area (Å²) in [4.78, 5) is 12.5. The summed E-state index contributed by atoms with van der Waals surface area (Å²) in [5, 5.41) is 2.77. The zero-order chi connectivity index (χ0) is 16.3. The van der Waals surface area contributed by atoms with Crippen molar-refractivity contribution in [3.05, 3.63) is 44.8 Å². The molecule has 0 aromatic heterocycles. The third kappa shape index (κ3) is 3.53. The summed E-state index contributed by atoms with van der Waals surface area (Å²) in [6, 6.07) is 8.53. The van der Waals surface area contributed by atoms with Crippen LogP contribution >= 0.6 is 31.9 Å². The Morgan fingerprint density at radius 1 is 1.14 bits per heavy atom. The minimum Gasteiger partial charge on any atom is -0.497 e. The second kappa shape index (κ2) is 7.02. The summed E-state index contributed by atoms with van der Waals surface area (Å²) in [5.74, 6) is 0.752. The van der Waals surface area contributed by atoms with Gasteiger partial charge in [0.15, 0.2) is 0 Å². The van der Waals surface area contributed by atoms with Gasteiger partial charge in [0.05, 0.1) is 35.6 Å². The van der Waals surface area contributed by atoms with Gasteiger partial charge in [0.25, 0.3) is 5.91 Å². The largest absolute Gasteiger partial charge is 0.497 e. The van der Waals surface area contributed by atoms with Crippen LogP contribution in [0.15, 0.2) is 39.3 Å². The van der Waals surface area contributed by atoms with Crippen molar-refractivity contribution < 1.29 is 14.3 Å². The van der Waals surface area contributed by atoms with Crippen molar-refractivity contribution in [3.8, 4) is 11.5 Å². The van der Waals surface area contributed by atoms with Crippen LogP contribution < -0.4 is 20.5 Å². The average molecular weight is 430 g/mol. The summed E-state index contributed by atoms with van der Waals surface area (Å²) < 4.78 is 11.8. The molecule has 0 atom stereocenters. The van der Waals surface area contributed by atoms with Gasteiger partial charge in [-0.1, -0.05) is 15.9 Å². The van der Waals surface area contributed by atoms with Gasteiger partial charge in [-0.2, -0.15) is 0 Å². The highest BCUT2D eigenvalue weighted by Gasteiger charge is 2.17. The van der Waals surface area contributed by atoms with Crippen LogP contribution in [0.2, 0.25) is 0 Å². The molecule has 0 saturated carbocycles. The van der Waals surface area contributed by atoms with Crippen molar-refractivity contribution in [3.63, 3.8) is 0 Å². The molecule has 2 rings (SSSR count). The maximum atomic E-state index is 12.5. The van der Waals surface area contributed by atoms with Gasteiger partial charge in [0.2, 0.25) is 0 Å². The first kappa shape index (κ1) is 16.6. The Kier molecular flexibility index (Phi) is 5.31. The summed E-state index contributed by atoms with van der Waals surface area (Å²) >= 11 is 6.73. The molecule has 0 heterocycles. The highest BCUT2D eigenvalue weighted by atomic mass is 79.9. The van der Waals surface area contributed by atoms with E-state index in [9.17, 15) is 4.79 Å². The lowest BCUT2D eigenvalue weighted by molar-refractivity contribution is 0.102. The lowest BCUT2D eigenvalue weighted by atomic mass is 10.1. The third-order valence-corrected chi connectivity index (χ3v) is 4.01. The summed E-state index contributed by atoms with van der Waals surface area (Å²) in [5.41, 5.74) is 7.22. The Balaban J connectivity index is 2.34. The molecule has 0 bridgehead atoms. The number of amides is 1. The number of hydrogen-bond donors (Lipinski definition) is 2. The minimum absolute atomic E-state index is 0.323. The van der Waals surface area contributed by atoms with Crippen LogP contribution in [0.1, 0.15) is 10.4 Å². The van der Waals surface area contributed by atoms with E-state index in [-0.39, 0.29) is 5.91 Å². The van der Waals surface area contributed by atoms with E-state index < -0.39 is 0 Å². The Labute approximate surface area is 145 Å². The lowest BCUT2D eigenvalue weighted by Crippen LogP contribution is -2.14. The van der Waals surface area contributed by atoms with Crippen molar-refractivity contribution >= 4 is 49.1 Å². The van der Waals surface area contributed by atoms with Crippen molar-refractivity contribution in [2.45, 2.75) is 0 Å². The summed E-state index contributed by atoms with van der Waals surface area (Å²) in [7, 11) is 3.06. The van der Waals surface area contributed by atoms with Crippen LogP contribution in [0.4, 0.5) is 11.4 Å². The number of methoxy groups -OCH3 is 2. The normalized spacial score (nSPS) is 10.2. The molecule has 7 heteroatoms. The van der Waals surface area contributed by atoms with E-state index in [0.29, 0.717) is 32.9 Å². The number of ether oxygens (including phenoxy) is 2. The number of anilines is 2. The van der Waals surface area contributed by atoms with Crippen LogP contribution in [0, 0.1) is 0 Å². The monoisotopic (exact) mass is 428 g/mol. The molecule has 0 fully saturated rings. The number of benzene rings is 2. The molecule has 0 aliphatic rings. The molecule has 2 aromatic rings. The van der Waals surface area contributed by atoms with Crippen LogP contribution in [0.25, 0.3) is 0 Å². The van der Waals surface area contributed by atoms with E-state index in [1.165, 1.54) is 7.11 Å². The van der Waals surface area contributed by atoms with Gasteiger partial charge in [0.1, 0.15) is 11.5 Å². The molecule has 1 amide bonds. The zero-order valence-electron chi connectivity index (χ0n) is 11.9. The quantitative estimate of drug-likeness (QED) is 0.718. The molecule has 2 aromatic carbocycles. The Bertz CT molecular complexity index is 720. The lowest BCUT2D eigenvalue weighted by Gasteiger charge is -2.13. The van der Waals surface area contributed by atoms with Gasteiger partial charge >= 0.3 is 0 Å². The molecule has 3 N–H and O–H groups in total. The molecule has 5 nitrogen and oxygen atoms in total. The van der Waals surface area contributed by atoms with E-state index in [1.54, 1.807) is 37.4 Å². The van der Waals surface area contributed by atoms with Crippen molar-refractivity contribution in [2.24, 2.45) is 0 Å². The van der Waals surface area contributed by atoms with Crippen molar-refractivity contribution in [2.75, 3.05) is 25.3 Å². The second-order valence-electron chi connectivity index (χ2n) is 4.38. The number of rotatable bonds is 4. The van der Waals surface area contributed by atoms with Crippen molar-refractivity contribution in [1.29, 1.82) is 0 Å². The van der Waals surface area contributed by atoms with Gasteiger partial charge in [-0.15, -0.1) is 0 Å². The molecular formula is C15H14Br2N2O3.